The Balaban J connectivity index is 1.53. The van der Waals surface area contributed by atoms with E-state index in [1.54, 1.807) is 0 Å². The number of anilines is 2. The number of nitrogen functional groups attached to an aromatic ring is 1. The van der Waals surface area contributed by atoms with Crippen LogP contribution in [0.4, 0.5) is 10.9 Å². The van der Waals surface area contributed by atoms with Crippen LogP contribution in [0.5, 0.6) is 5.19 Å². The molecule has 1 atom stereocenters. The van der Waals surface area contributed by atoms with Gasteiger partial charge in [0.2, 0.25) is 5.95 Å². The zero-order valence-corrected chi connectivity index (χ0v) is 17.2. The highest BCUT2D eigenvalue weighted by Crippen LogP contribution is 2.32. The van der Waals surface area contributed by atoms with Crippen molar-refractivity contribution in [3.63, 3.8) is 0 Å². The van der Waals surface area contributed by atoms with E-state index < -0.39 is 0 Å². The number of piperidine rings is 1. The fraction of sp³-hybridized carbons (Fsp3) is 0.550. The lowest BCUT2D eigenvalue weighted by Crippen LogP contribution is -2.39. The molecule has 27 heavy (non-hydrogen) atoms. The zero-order chi connectivity index (χ0) is 19.2. The van der Waals surface area contributed by atoms with E-state index >= 15 is 0 Å². The second kappa shape index (κ2) is 9.17. The molecule has 0 bridgehead atoms. The molecule has 0 radical (unpaired) electrons. The summed E-state index contributed by atoms with van der Waals surface area (Å²) in [5.74, 6) is 1.33. The Morgan fingerprint density at radius 1 is 1.33 bits per heavy atom. The molecule has 1 aliphatic rings. The van der Waals surface area contributed by atoms with Gasteiger partial charge in [-0.15, -0.1) is 0 Å². The van der Waals surface area contributed by atoms with Crippen molar-refractivity contribution >= 4 is 28.4 Å². The Labute approximate surface area is 165 Å². The quantitative estimate of drug-likeness (QED) is 0.768. The summed E-state index contributed by atoms with van der Waals surface area (Å²) >= 11 is 1.41. The third kappa shape index (κ3) is 4.97. The molecule has 146 valence electrons. The molecule has 1 saturated heterocycles. The average Bonchev–Trinajstić information content (AvgIpc) is 3.02. The Kier molecular flexibility index (Phi) is 6.66. The van der Waals surface area contributed by atoms with Gasteiger partial charge in [-0.05, 0) is 50.7 Å². The van der Waals surface area contributed by atoms with Gasteiger partial charge in [0.1, 0.15) is 16.8 Å². The van der Waals surface area contributed by atoms with Gasteiger partial charge in [0.25, 0.3) is 5.19 Å². The number of ether oxygens (including phenoxy) is 1. The van der Waals surface area contributed by atoms with Crippen molar-refractivity contribution in [2.24, 2.45) is 5.92 Å². The Morgan fingerprint density at radius 3 is 2.67 bits per heavy atom. The second-order valence-corrected chi connectivity index (χ2v) is 8.01. The highest BCUT2D eigenvalue weighted by Gasteiger charge is 2.27. The van der Waals surface area contributed by atoms with Crippen molar-refractivity contribution in [3.8, 4) is 5.19 Å². The molecule has 7 heteroatoms. The number of aryl methyl sites for hydroxylation is 1. The predicted molar refractivity (Wildman–Crippen MR) is 112 cm³/mol. The fourth-order valence-corrected chi connectivity index (χ4v) is 4.15. The van der Waals surface area contributed by atoms with Gasteiger partial charge in [0.05, 0.1) is 0 Å². The molecule has 0 unspecified atom stereocenters. The van der Waals surface area contributed by atoms with Gasteiger partial charge in [-0.1, -0.05) is 30.8 Å². The van der Waals surface area contributed by atoms with Crippen LogP contribution in [-0.4, -0.2) is 34.1 Å². The number of hydrogen-bond donors (Lipinski definition) is 1. The second-order valence-electron chi connectivity index (χ2n) is 7.02. The van der Waals surface area contributed by atoms with E-state index in [4.69, 9.17) is 10.5 Å². The minimum Gasteiger partial charge on any atom is -0.467 e. The molecule has 0 saturated carbocycles. The summed E-state index contributed by atoms with van der Waals surface area (Å²) in [5.41, 5.74) is 8.00. The molecule has 3 heterocycles. The van der Waals surface area contributed by atoms with Crippen LogP contribution < -0.4 is 15.4 Å². The SMILES string of the molecule is C/C=C\c1nc(O[C@@H](C)C2CCN(c3ncc(CCC)cn3)CC2)sc1N. The van der Waals surface area contributed by atoms with Crippen molar-refractivity contribution in [2.75, 3.05) is 23.7 Å². The number of nitrogens with zero attached hydrogens (tertiary/aromatic N) is 4. The summed E-state index contributed by atoms with van der Waals surface area (Å²) in [6.07, 6.45) is 12.1. The predicted octanol–water partition coefficient (Wildman–Crippen LogP) is 4.18. The van der Waals surface area contributed by atoms with Crippen molar-refractivity contribution in [3.05, 3.63) is 29.7 Å². The summed E-state index contributed by atoms with van der Waals surface area (Å²) in [4.78, 5) is 15.8. The zero-order valence-electron chi connectivity index (χ0n) is 16.4. The van der Waals surface area contributed by atoms with E-state index in [0.29, 0.717) is 16.1 Å². The number of thiazole rings is 1. The molecule has 0 amide bonds. The number of nitrogens with two attached hydrogens (primary N) is 1. The Hall–Kier alpha value is -2.15. The minimum atomic E-state index is 0.115. The number of allylic oxidation sites excluding steroid dienone is 1. The van der Waals surface area contributed by atoms with Gasteiger partial charge in [0, 0.05) is 25.5 Å². The monoisotopic (exact) mass is 387 g/mol. The van der Waals surface area contributed by atoms with Crippen molar-refractivity contribution in [1.29, 1.82) is 0 Å². The van der Waals surface area contributed by atoms with Crippen LogP contribution in [0.25, 0.3) is 6.08 Å². The van der Waals surface area contributed by atoms with Crippen molar-refractivity contribution < 1.29 is 4.74 Å². The largest absolute Gasteiger partial charge is 0.467 e. The van der Waals surface area contributed by atoms with Crippen LogP contribution in [0.15, 0.2) is 18.5 Å². The Morgan fingerprint density at radius 2 is 2.04 bits per heavy atom. The molecule has 0 aliphatic carbocycles. The van der Waals surface area contributed by atoms with Gasteiger partial charge in [-0.3, -0.25) is 0 Å². The first-order valence-electron chi connectivity index (χ1n) is 9.72. The third-order valence-electron chi connectivity index (χ3n) is 4.99. The van der Waals surface area contributed by atoms with E-state index in [1.807, 2.05) is 31.5 Å². The molecule has 1 aliphatic heterocycles. The van der Waals surface area contributed by atoms with Crippen LogP contribution in [0, 0.1) is 5.92 Å². The summed E-state index contributed by atoms with van der Waals surface area (Å²) < 4.78 is 6.09. The molecule has 0 spiro atoms. The molecular weight excluding hydrogens is 358 g/mol. The van der Waals surface area contributed by atoms with Gasteiger partial charge < -0.3 is 15.4 Å². The first-order chi connectivity index (χ1) is 13.1. The van der Waals surface area contributed by atoms with Gasteiger partial charge in [-0.2, -0.15) is 0 Å². The van der Waals surface area contributed by atoms with Crippen LogP contribution in [-0.2, 0) is 6.42 Å². The summed E-state index contributed by atoms with van der Waals surface area (Å²) in [5, 5.41) is 1.36. The third-order valence-corrected chi connectivity index (χ3v) is 5.78. The van der Waals surface area contributed by atoms with E-state index in [9.17, 15) is 0 Å². The maximum absolute atomic E-state index is 6.09. The summed E-state index contributed by atoms with van der Waals surface area (Å²) in [6, 6.07) is 0. The highest BCUT2D eigenvalue weighted by molar-refractivity contribution is 7.17. The van der Waals surface area contributed by atoms with Gasteiger partial charge >= 0.3 is 0 Å². The summed E-state index contributed by atoms with van der Waals surface area (Å²) in [7, 11) is 0. The molecule has 0 aromatic carbocycles. The number of rotatable bonds is 7. The first kappa shape index (κ1) is 19.6. The topological polar surface area (TPSA) is 77.2 Å². The molecule has 2 aromatic heterocycles. The van der Waals surface area contributed by atoms with Crippen LogP contribution in [0.3, 0.4) is 0 Å². The fourth-order valence-electron chi connectivity index (χ4n) is 3.40. The lowest BCUT2D eigenvalue weighted by Gasteiger charge is -2.34. The van der Waals surface area contributed by atoms with Crippen LogP contribution in [0.1, 0.15) is 51.3 Å². The number of hydrogen-bond acceptors (Lipinski definition) is 7. The smallest absolute Gasteiger partial charge is 0.276 e. The lowest BCUT2D eigenvalue weighted by atomic mass is 9.92. The van der Waals surface area contributed by atoms with Crippen molar-refractivity contribution in [1.82, 2.24) is 15.0 Å². The minimum absolute atomic E-state index is 0.115. The molecule has 1 fully saturated rings. The first-order valence-corrected chi connectivity index (χ1v) is 10.5. The standard InChI is InChI=1S/C20H29N5OS/c1-4-6-15-12-22-19(23-13-15)25-10-8-16(9-11-25)14(3)26-20-24-17(7-5-2)18(21)27-20/h5,7,12-14,16H,4,6,8-11,21H2,1-3H3/b7-5-/t14-/m0/s1. The maximum Gasteiger partial charge on any atom is 0.276 e. The van der Waals surface area contributed by atoms with Crippen LogP contribution in [0.2, 0.25) is 0 Å². The molecule has 6 nitrogen and oxygen atoms in total. The highest BCUT2D eigenvalue weighted by atomic mass is 32.1. The van der Waals surface area contributed by atoms with Crippen LogP contribution >= 0.6 is 11.3 Å². The van der Waals surface area contributed by atoms with Gasteiger partial charge in [0.15, 0.2) is 0 Å². The van der Waals surface area contributed by atoms with E-state index in [-0.39, 0.29) is 6.10 Å². The van der Waals surface area contributed by atoms with E-state index in [1.165, 1.54) is 16.9 Å². The Bertz CT molecular complexity index is 750. The molecule has 3 rings (SSSR count). The van der Waals surface area contributed by atoms with E-state index in [0.717, 1.165) is 50.4 Å². The van der Waals surface area contributed by atoms with E-state index in [2.05, 4.69) is 33.7 Å². The normalized spacial score (nSPS) is 16.8. The summed E-state index contributed by atoms with van der Waals surface area (Å²) in [6.45, 7) is 8.16. The van der Waals surface area contributed by atoms with Crippen molar-refractivity contribution in [2.45, 2.75) is 52.6 Å². The average molecular weight is 388 g/mol. The molecule has 2 aromatic rings. The number of aromatic nitrogens is 3. The molecule has 2 N–H and O–H groups in total. The molecular formula is C20H29N5OS. The lowest BCUT2D eigenvalue weighted by molar-refractivity contribution is 0.132. The van der Waals surface area contributed by atoms with Gasteiger partial charge in [-0.25, -0.2) is 15.0 Å². The maximum atomic E-state index is 6.09.